The fourth-order valence-electron chi connectivity index (χ4n) is 10.6. The van der Waals surface area contributed by atoms with E-state index < -0.39 is 51.0 Å². The van der Waals surface area contributed by atoms with Crippen molar-refractivity contribution in [1.82, 2.24) is 4.90 Å². The predicted octanol–water partition coefficient (Wildman–Crippen LogP) is 6.21. The van der Waals surface area contributed by atoms with Crippen LogP contribution in [0.2, 0.25) is 0 Å². The molecule has 0 unspecified atom stereocenters. The van der Waals surface area contributed by atoms with E-state index in [9.17, 15) is 29.1 Å². The molecule has 2 heterocycles. The lowest BCUT2D eigenvalue weighted by atomic mass is 9.31. The summed E-state index contributed by atoms with van der Waals surface area (Å²) < 4.78 is 12.4. The Morgan fingerprint density at radius 1 is 0.977 bits per heavy atom. The number of ether oxygens (including phenoxy) is 2. The van der Waals surface area contributed by atoms with Crippen LogP contribution in [0.5, 0.6) is 0 Å². The third kappa shape index (κ3) is 4.68. The molecule has 0 aromatic heterocycles. The van der Waals surface area contributed by atoms with Crippen LogP contribution in [0.1, 0.15) is 120 Å². The zero-order valence-corrected chi connectivity index (χ0v) is 28.2. The molecule has 5 aliphatic rings. The van der Waals surface area contributed by atoms with E-state index in [1.54, 1.807) is 4.90 Å². The molecule has 10 atom stereocenters. The molecule has 1 amide bonds. The second kappa shape index (κ2) is 10.4. The lowest BCUT2D eigenvalue weighted by Gasteiger charge is -2.70. The largest absolute Gasteiger partial charge is 0.481 e. The molecule has 0 aromatic rings. The van der Waals surface area contributed by atoms with Gasteiger partial charge < -0.3 is 14.6 Å². The highest BCUT2D eigenvalue weighted by Gasteiger charge is 2.76. The van der Waals surface area contributed by atoms with E-state index in [0.29, 0.717) is 25.8 Å². The Morgan fingerprint density at radius 3 is 2.25 bits per heavy atom. The molecule has 0 spiro atoms. The van der Waals surface area contributed by atoms with Gasteiger partial charge in [0.2, 0.25) is 0 Å². The van der Waals surface area contributed by atoms with Gasteiger partial charge in [0.05, 0.1) is 19.1 Å². The number of nitrogens with zero attached hydrogens (tertiary/aromatic N) is 1. The number of carbonyl (C=O) groups is 5. The summed E-state index contributed by atoms with van der Waals surface area (Å²) in [5.41, 5.74) is -6.11. The maximum absolute atomic E-state index is 14.7. The van der Waals surface area contributed by atoms with E-state index >= 15 is 0 Å². The van der Waals surface area contributed by atoms with Gasteiger partial charge in [-0.05, 0) is 76.0 Å². The number of amides is 1. The smallest absolute Gasteiger partial charge is 0.412 e. The monoisotopic (exact) mass is 615 g/mol. The average molecular weight is 616 g/mol. The summed E-state index contributed by atoms with van der Waals surface area (Å²) in [7, 11) is 0. The van der Waals surface area contributed by atoms with Crippen molar-refractivity contribution in [1.29, 1.82) is 0 Å². The van der Waals surface area contributed by atoms with Crippen LogP contribution in [-0.4, -0.2) is 63.4 Å². The first-order valence-corrected chi connectivity index (χ1v) is 16.6. The molecule has 0 radical (unpaired) electrons. The van der Waals surface area contributed by atoms with Crippen LogP contribution in [0.25, 0.3) is 0 Å². The number of likely N-dealkylation sites (tertiary alicyclic amines) is 1. The van der Waals surface area contributed by atoms with Gasteiger partial charge >= 0.3 is 12.1 Å². The van der Waals surface area contributed by atoms with Gasteiger partial charge in [-0.25, -0.2) is 4.79 Å². The van der Waals surface area contributed by atoms with E-state index in [-0.39, 0.29) is 66.9 Å². The van der Waals surface area contributed by atoms with Crippen LogP contribution in [-0.2, 0) is 28.7 Å². The van der Waals surface area contributed by atoms with Gasteiger partial charge in [-0.15, -0.1) is 0 Å². The number of fused-ring (bicyclic) bond motifs is 5. The first kappa shape index (κ1) is 33.1. The Hall–Kier alpha value is -2.29. The van der Waals surface area contributed by atoms with Crippen molar-refractivity contribution in [3.63, 3.8) is 0 Å². The summed E-state index contributed by atoms with van der Waals surface area (Å²) in [6.45, 7) is 17.6. The SMILES string of the molecule is C[C@H]1CC(=O)[C@H]2CC(=O)[C@]3(C)[C@](C)(CC(=O)O)[C@](C)(CC[C@]45C[C@@H](C)C[C@H](CN4C(=O)OC(C)(C)C)O5)C(=O)C[C@@]3(C)[C@@H]2C1. The maximum atomic E-state index is 14.7. The summed E-state index contributed by atoms with van der Waals surface area (Å²) in [6, 6.07) is 0. The first-order valence-electron chi connectivity index (χ1n) is 16.6. The molecule has 3 saturated carbocycles. The third-order valence-corrected chi connectivity index (χ3v) is 13.2. The number of hydrogen-bond acceptors (Lipinski definition) is 7. The second-order valence-corrected chi connectivity index (χ2v) is 17.1. The summed E-state index contributed by atoms with van der Waals surface area (Å²) in [6.07, 6.45) is 2.44. The number of carboxylic acids is 1. The fraction of sp³-hybridized carbons (Fsp3) is 0.857. The zero-order valence-electron chi connectivity index (χ0n) is 28.2. The van der Waals surface area contributed by atoms with E-state index in [0.717, 1.165) is 12.8 Å². The van der Waals surface area contributed by atoms with Gasteiger partial charge in [0.15, 0.2) is 0 Å². The number of hydrogen-bond donors (Lipinski definition) is 1. The van der Waals surface area contributed by atoms with Gasteiger partial charge in [0.1, 0.15) is 28.7 Å². The van der Waals surface area contributed by atoms with E-state index in [2.05, 4.69) is 6.92 Å². The summed E-state index contributed by atoms with van der Waals surface area (Å²) in [5.74, 6) is -1.30. The maximum Gasteiger partial charge on any atom is 0.412 e. The Labute approximate surface area is 262 Å². The first-order chi connectivity index (χ1) is 20.1. The predicted molar refractivity (Wildman–Crippen MR) is 162 cm³/mol. The van der Waals surface area contributed by atoms with Crippen molar-refractivity contribution in [2.24, 2.45) is 45.3 Å². The number of rotatable bonds is 5. The molecule has 5 fully saturated rings. The minimum Gasteiger partial charge on any atom is -0.481 e. The fourth-order valence-corrected chi connectivity index (χ4v) is 10.6. The zero-order chi connectivity index (χ0) is 32.8. The Bertz CT molecular complexity index is 1270. The molecule has 246 valence electrons. The van der Waals surface area contributed by atoms with Crippen molar-refractivity contribution >= 4 is 29.4 Å². The highest BCUT2D eigenvalue weighted by molar-refractivity contribution is 5.99. The van der Waals surface area contributed by atoms with Crippen LogP contribution in [0.15, 0.2) is 0 Å². The van der Waals surface area contributed by atoms with Crippen molar-refractivity contribution in [3.05, 3.63) is 0 Å². The lowest BCUT2D eigenvalue weighted by Crippen LogP contribution is -2.72. The van der Waals surface area contributed by atoms with Gasteiger partial charge in [0.25, 0.3) is 0 Å². The van der Waals surface area contributed by atoms with Crippen LogP contribution < -0.4 is 0 Å². The minimum atomic E-state index is -1.24. The Balaban J connectivity index is 1.56. The van der Waals surface area contributed by atoms with Crippen molar-refractivity contribution < 1.29 is 38.6 Å². The highest BCUT2D eigenvalue weighted by Crippen LogP contribution is 2.74. The molecule has 2 bridgehead atoms. The molecule has 44 heavy (non-hydrogen) atoms. The van der Waals surface area contributed by atoms with Gasteiger partial charge in [0, 0.05) is 41.4 Å². The number of carboxylic acid groups (broad SMARTS) is 1. The summed E-state index contributed by atoms with van der Waals surface area (Å²) in [5, 5.41) is 10.3. The van der Waals surface area contributed by atoms with Crippen molar-refractivity contribution in [3.8, 4) is 0 Å². The lowest BCUT2D eigenvalue weighted by molar-refractivity contribution is -0.225. The quantitative estimate of drug-likeness (QED) is 0.387. The van der Waals surface area contributed by atoms with Crippen LogP contribution >= 0.6 is 0 Å². The molecular formula is C35H53NO8. The number of carbonyl (C=O) groups excluding carboxylic acids is 4. The Morgan fingerprint density at radius 2 is 1.64 bits per heavy atom. The summed E-state index contributed by atoms with van der Waals surface area (Å²) in [4.78, 5) is 70.2. The number of ketones is 3. The number of aliphatic carboxylic acids is 1. The topological polar surface area (TPSA) is 127 Å². The van der Waals surface area contributed by atoms with Gasteiger partial charge in [-0.3, -0.25) is 24.1 Å². The minimum absolute atomic E-state index is 0.0704. The standard InChI is InChI=1S/C35H53NO8/c1-20-13-24-23(25(37)14-20)15-26(38)34(9)32(24,7)17-27(39)31(6,33(34,8)18-28(40)41)10-11-35-16-21(2)12-22(43-35)19-36(35)29(42)44-30(3,4)5/h20-24H,10-19H2,1-9H3,(H,40,41)/t20-,21+,22-,23+,24-,31-,32+,33-,34+,35+/m1/s1. The van der Waals surface area contributed by atoms with Crippen LogP contribution in [0.4, 0.5) is 4.79 Å². The van der Waals surface area contributed by atoms with E-state index in [1.165, 1.54) is 0 Å². The van der Waals surface area contributed by atoms with E-state index in [4.69, 9.17) is 9.47 Å². The van der Waals surface area contributed by atoms with E-state index in [1.807, 2.05) is 55.4 Å². The molecule has 5 rings (SSSR count). The summed E-state index contributed by atoms with van der Waals surface area (Å²) >= 11 is 0. The van der Waals surface area contributed by atoms with Gasteiger partial charge in [-0.2, -0.15) is 0 Å². The normalized spacial score (nSPS) is 45.5. The molecule has 1 N–H and O–H groups in total. The van der Waals surface area contributed by atoms with Gasteiger partial charge in [-0.1, -0.05) is 41.5 Å². The highest BCUT2D eigenvalue weighted by atomic mass is 16.6. The molecular weight excluding hydrogens is 562 g/mol. The van der Waals surface area contributed by atoms with Crippen LogP contribution in [0.3, 0.4) is 0 Å². The average Bonchev–Trinajstić information content (AvgIpc) is 3.15. The third-order valence-electron chi connectivity index (χ3n) is 13.2. The second-order valence-electron chi connectivity index (χ2n) is 17.1. The molecule has 9 heteroatoms. The Kier molecular flexibility index (Phi) is 7.79. The van der Waals surface area contributed by atoms with Crippen LogP contribution in [0, 0.1) is 45.3 Å². The molecule has 0 aromatic carbocycles. The molecule has 2 saturated heterocycles. The van der Waals surface area contributed by atoms with Crippen molar-refractivity contribution in [2.45, 2.75) is 138 Å². The molecule has 2 aliphatic heterocycles. The molecule has 3 aliphatic carbocycles. The molecule has 9 nitrogen and oxygen atoms in total. The number of Topliss-reactive ketones (excluding diaryl/α,β-unsaturated/α-hetero) is 3. The van der Waals surface area contributed by atoms with Crippen molar-refractivity contribution in [2.75, 3.05) is 6.54 Å².